The standard InChI is InChI=1S/C12H18N6O/c1-12(2)6(4-7(12)19-3)16-10-8-9(15-5-14-8)17-11(13)18-10/h5-7H,4H2,1-3H3,(H4,13,14,15,16,17,18). The molecule has 0 bridgehead atoms. The molecular formula is C12H18N6O. The molecule has 2 aromatic heterocycles. The molecule has 0 amide bonds. The number of aromatic amines is 1. The number of imidazole rings is 1. The molecule has 19 heavy (non-hydrogen) atoms. The van der Waals surface area contributed by atoms with Crippen LogP contribution in [0.25, 0.3) is 11.2 Å². The van der Waals surface area contributed by atoms with Gasteiger partial charge in [0.05, 0.1) is 12.4 Å². The zero-order chi connectivity index (χ0) is 13.6. The highest BCUT2D eigenvalue weighted by atomic mass is 16.5. The summed E-state index contributed by atoms with van der Waals surface area (Å²) in [4.78, 5) is 15.5. The number of nitrogens with two attached hydrogens (primary N) is 1. The zero-order valence-corrected chi connectivity index (χ0v) is 11.3. The van der Waals surface area contributed by atoms with Crippen LogP contribution in [0.1, 0.15) is 20.3 Å². The van der Waals surface area contributed by atoms with Gasteiger partial charge in [0.1, 0.15) is 5.52 Å². The monoisotopic (exact) mass is 262 g/mol. The summed E-state index contributed by atoms with van der Waals surface area (Å²) in [5, 5.41) is 3.42. The van der Waals surface area contributed by atoms with Crippen molar-refractivity contribution in [2.45, 2.75) is 32.4 Å². The summed E-state index contributed by atoms with van der Waals surface area (Å²) in [6.07, 6.45) is 2.80. The number of methoxy groups -OCH3 is 1. The number of rotatable bonds is 3. The summed E-state index contributed by atoms with van der Waals surface area (Å²) in [5.74, 6) is 0.926. The molecule has 7 heteroatoms. The van der Waals surface area contributed by atoms with Gasteiger partial charge in [-0.1, -0.05) is 13.8 Å². The SMILES string of the molecule is COC1CC(Nc2nc(N)nc3nc[nH]c23)C1(C)C. The van der Waals surface area contributed by atoms with E-state index in [1.165, 1.54) is 0 Å². The smallest absolute Gasteiger partial charge is 0.224 e. The quantitative estimate of drug-likeness (QED) is 0.767. The van der Waals surface area contributed by atoms with Gasteiger partial charge in [-0.2, -0.15) is 9.97 Å². The predicted molar refractivity (Wildman–Crippen MR) is 72.7 cm³/mol. The van der Waals surface area contributed by atoms with Gasteiger partial charge in [-0.3, -0.25) is 0 Å². The summed E-state index contributed by atoms with van der Waals surface area (Å²) in [7, 11) is 1.75. The summed E-state index contributed by atoms with van der Waals surface area (Å²) in [5.41, 5.74) is 7.12. The minimum Gasteiger partial charge on any atom is -0.381 e. The molecule has 2 aromatic rings. The molecule has 102 valence electrons. The van der Waals surface area contributed by atoms with E-state index >= 15 is 0 Å². The number of nitrogens with zero attached hydrogens (tertiary/aromatic N) is 3. The summed E-state index contributed by atoms with van der Waals surface area (Å²) >= 11 is 0. The molecule has 2 heterocycles. The third-order valence-corrected chi connectivity index (χ3v) is 4.08. The minimum absolute atomic E-state index is 0.0564. The van der Waals surface area contributed by atoms with Crippen LogP contribution in [0.15, 0.2) is 6.33 Å². The molecule has 4 N–H and O–H groups in total. The molecule has 1 aliphatic carbocycles. The van der Waals surface area contributed by atoms with E-state index in [0.717, 1.165) is 11.9 Å². The van der Waals surface area contributed by atoms with Crippen LogP contribution < -0.4 is 11.1 Å². The van der Waals surface area contributed by atoms with Crippen LogP contribution in [0.3, 0.4) is 0 Å². The van der Waals surface area contributed by atoms with Crippen molar-refractivity contribution in [1.82, 2.24) is 19.9 Å². The highest BCUT2D eigenvalue weighted by molar-refractivity contribution is 5.83. The lowest BCUT2D eigenvalue weighted by atomic mass is 9.64. The Balaban J connectivity index is 1.88. The number of H-pyrrole nitrogens is 1. The molecule has 2 unspecified atom stereocenters. The number of ether oxygens (including phenoxy) is 1. The second kappa shape index (κ2) is 4.06. The number of nitrogens with one attached hydrogen (secondary N) is 2. The van der Waals surface area contributed by atoms with Crippen LogP contribution in [0.5, 0.6) is 0 Å². The van der Waals surface area contributed by atoms with Crippen LogP contribution in [-0.4, -0.2) is 39.2 Å². The molecular weight excluding hydrogens is 244 g/mol. The molecule has 1 saturated carbocycles. The highest BCUT2D eigenvalue weighted by Gasteiger charge is 2.48. The first-order chi connectivity index (χ1) is 9.02. The largest absolute Gasteiger partial charge is 0.381 e. The van der Waals surface area contributed by atoms with E-state index in [1.807, 2.05) is 0 Å². The van der Waals surface area contributed by atoms with Crippen molar-refractivity contribution >= 4 is 22.9 Å². The van der Waals surface area contributed by atoms with Crippen LogP contribution in [0.4, 0.5) is 11.8 Å². The van der Waals surface area contributed by atoms with Gasteiger partial charge < -0.3 is 20.8 Å². The van der Waals surface area contributed by atoms with Gasteiger partial charge in [-0.05, 0) is 6.42 Å². The topological polar surface area (TPSA) is 102 Å². The summed E-state index contributed by atoms with van der Waals surface area (Å²) in [6.45, 7) is 4.36. The first-order valence-corrected chi connectivity index (χ1v) is 6.28. The Morgan fingerprint density at radius 3 is 2.95 bits per heavy atom. The van der Waals surface area contributed by atoms with Crippen molar-refractivity contribution in [2.75, 3.05) is 18.2 Å². The fourth-order valence-corrected chi connectivity index (χ4v) is 2.65. The van der Waals surface area contributed by atoms with Gasteiger partial charge in [0.15, 0.2) is 11.5 Å². The maximum atomic E-state index is 5.70. The molecule has 0 spiro atoms. The Hall–Kier alpha value is -1.89. The van der Waals surface area contributed by atoms with Crippen LogP contribution in [0.2, 0.25) is 0 Å². The zero-order valence-electron chi connectivity index (χ0n) is 11.3. The highest BCUT2D eigenvalue weighted by Crippen LogP contribution is 2.44. The lowest BCUT2D eigenvalue weighted by Crippen LogP contribution is -2.57. The number of hydrogen-bond donors (Lipinski definition) is 3. The van der Waals surface area contributed by atoms with Crippen molar-refractivity contribution in [3.05, 3.63) is 6.33 Å². The van der Waals surface area contributed by atoms with E-state index in [9.17, 15) is 0 Å². The Kier molecular flexibility index (Phi) is 2.60. The fraction of sp³-hybridized carbons (Fsp3) is 0.583. The molecule has 3 rings (SSSR count). The van der Waals surface area contributed by atoms with Crippen LogP contribution in [0, 0.1) is 5.41 Å². The number of fused-ring (bicyclic) bond motifs is 1. The van der Waals surface area contributed by atoms with E-state index in [2.05, 4.69) is 39.1 Å². The average Bonchev–Trinajstić information content (AvgIpc) is 2.81. The third-order valence-electron chi connectivity index (χ3n) is 4.08. The Morgan fingerprint density at radius 1 is 1.47 bits per heavy atom. The van der Waals surface area contributed by atoms with Gasteiger partial charge in [0.2, 0.25) is 5.95 Å². The fourth-order valence-electron chi connectivity index (χ4n) is 2.65. The van der Waals surface area contributed by atoms with Crippen molar-refractivity contribution in [2.24, 2.45) is 5.41 Å². The average molecular weight is 262 g/mol. The van der Waals surface area contributed by atoms with Crippen molar-refractivity contribution in [3.63, 3.8) is 0 Å². The van der Waals surface area contributed by atoms with Gasteiger partial charge in [-0.15, -0.1) is 0 Å². The Bertz CT molecular complexity index is 607. The molecule has 2 atom stereocenters. The van der Waals surface area contributed by atoms with Crippen molar-refractivity contribution < 1.29 is 4.74 Å². The molecule has 1 aliphatic rings. The summed E-state index contributed by atoms with van der Waals surface area (Å²) in [6, 6.07) is 0.290. The van der Waals surface area contributed by atoms with Gasteiger partial charge >= 0.3 is 0 Å². The first-order valence-electron chi connectivity index (χ1n) is 6.28. The molecule has 0 radical (unpaired) electrons. The Morgan fingerprint density at radius 2 is 2.26 bits per heavy atom. The number of aromatic nitrogens is 4. The van der Waals surface area contributed by atoms with Gasteiger partial charge in [-0.25, -0.2) is 4.98 Å². The third kappa shape index (κ3) is 1.81. The lowest BCUT2D eigenvalue weighted by molar-refractivity contribution is -0.0795. The van der Waals surface area contributed by atoms with Gasteiger partial charge in [0.25, 0.3) is 0 Å². The normalized spacial score (nSPS) is 25.2. The first kappa shape index (κ1) is 12.2. The second-order valence-corrected chi connectivity index (χ2v) is 5.51. The number of nitrogen functional groups attached to an aromatic ring is 1. The van der Waals surface area contributed by atoms with Crippen LogP contribution in [-0.2, 0) is 4.74 Å². The van der Waals surface area contributed by atoms with E-state index in [0.29, 0.717) is 17.5 Å². The van der Waals surface area contributed by atoms with Gasteiger partial charge in [0, 0.05) is 18.6 Å². The van der Waals surface area contributed by atoms with Crippen molar-refractivity contribution in [1.29, 1.82) is 0 Å². The molecule has 1 fully saturated rings. The molecule has 0 saturated heterocycles. The van der Waals surface area contributed by atoms with E-state index in [-0.39, 0.29) is 17.5 Å². The molecule has 7 nitrogen and oxygen atoms in total. The van der Waals surface area contributed by atoms with E-state index in [4.69, 9.17) is 10.5 Å². The molecule has 0 aliphatic heterocycles. The Labute approximate surface area is 111 Å². The lowest BCUT2D eigenvalue weighted by Gasteiger charge is -2.51. The molecule has 0 aromatic carbocycles. The number of hydrogen-bond acceptors (Lipinski definition) is 6. The summed E-state index contributed by atoms with van der Waals surface area (Å²) < 4.78 is 5.45. The minimum atomic E-state index is 0.0564. The maximum Gasteiger partial charge on any atom is 0.224 e. The van der Waals surface area contributed by atoms with Crippen molar-refractivity contribution in [3.8, 4) is 0 Å². The van der Waals surface area contributed by atoms with E-state index < -0.39 is 0 Å². The van der Waals surface area contributed by atoms with E-state index in [1.54, 1.807) is 13.4 Å². The number of anilines is 2. The second-order valence-electron chi connectivity index (χ2n) is 5.51. The predicted octanol–water partition coefficient (Wildman–Crippen LogP) is 1.16. The maximum absolute atomic E-state index is 5.70. The van der Waals surface area contributed by atoms with Crippen LogP contribution >= 0.6 is 0 Å².